The van der Waals surface area contributed by atoms with Gasteiger partial charge in [0.1, 0.15) is 9.90 Å². The van der Waals surface area contributed by atoms with Gasteiger partial charge in [0.25, 0.3) is 10.0 Å². The Hall–Kier alpha value is -2.89. The summed E-state index contributed by atoms with van der Waals surface area (Å²) in [4.78, 5) is 37.5. The van der Waals surface area contributed by atoms with E-state index in [0.29, 0.717) is 16.5 Å². The van der Waals surface area contributed by atoms with Gasteiger partial charge in [-0.1, -0.05) is 19.1 Å². The summed E-state index contributed by atoms with van der Waals surface area (Å²) in [6, 6.07) is 7.95. The van der Waals surface area contributed by atoms with E-state index in [4.69, 9.17) is 9.83 Å². The number of allylic oxidation sites excluding steroid dienone is 1. The Morgan fingerprint density at radius 1 is 1.22 bits per heavy atom. The molecule has 32 heavy (non-hydrogen) atoms. The molecule has 3 rings (SSSR count). The third-order valence-corrected chi connectivity index (χ3v) is 7.99. The zero-order chi connectivity index (χ0) is 23.7. The molecule has 9 nitrogen and oxygen atoms in total. The van der Waals surface area contributed by atoms with Gasteiger partial charge in [-0.15, -0.1) is 11.3 Å². The van der Waals surface area contributed by atoms with E-state index in [0.717, 1.165) is 23.8 Å². The Bertz CT molecular complexity index is 1150. The smallest absolute Gasteiger partial charge is 0.312 e. The number of carbonyl (C=O) groups excluding carboxylic acids is 2. The van der Waals surface area contributed by atoms with Crippen LogP contribution in [0.4, 0.5) is 11.4 Å². The number of hydrogen-bond donors (Lipinski definition) is 0. The highest BCUT2D eigenvalue weighted by atomic mass is 32.2. The number of sulfonamides is 1. The molecule has 1 aliphatic rings. The van der Waals surface area contributed by atoms with Crippen LogP contribution in [-0.2, 0) is 34.3 Å². The van der Waals surface area contributed by atoms with Crippen molar-refractivity contribution in [2.45, 2.75) is 50.8 Å². The molecular formula is C21H24N2O7S2. The maximum Gasteiger partial charge on any atom is 0.342 e. The van der Waals surface area contributed by atoms with Gasteiger partial charge in [-0.25, -0.2) is 18.0 Å². The summed E-state index contributed by atoms with van der Waals surface area (Å²) in [5, 5.41) is 2.39. The molecule has 2 heterocycles. The minimum Gasteiger partial charge on any atom is -0.312 e. The minimum absolute atomic E-state index is 0.0603. The Morgan fingerprint density at radius 2 is 1.94 bits per heavy atom. The number of benzene rings is 1. The Balaban J connectivity index is 2.09. The second kappa shape index (κ2) is 8.93. The lowest BCUT2D eigenvalue weighted by atomic mass is 9.91. The summed E-state index contributed by atoms with van der Waals surface area (Å²) in [6.07, 6.45) is 1.91. The molecule has 0 amide bonds. The first-order valence-corrected chi connectivity index (χ1v) is 12.1. The topological polar surface area (TPSA) is 102 Å². The van der Waals surface area contributed by atoms with Crippen LogP contribution in [0.3, 0.4) is 0 Å². The minimum atomic E-state index is -3.83. The third kappa shape index (κ3) is 4.64. The van der Waals surface area contributed by atoms with Gasteiger partial charge < -0.3 is 4.84 Å². The summed E-state index contributed by atoms with van der Waals surface area (Å²) < 4.78 is 28.5. The van der Waals surface area contributed by atoms with Crippen LogP contribution < -0.4 is 9.53 Å². The van der Waals surface area contributed by atoms with Crippen LogP contribution in [0.2, 0.25) is 0 Å². The van der Waals surface area contributed by atoms with Crippen molar-refractivity contribution in [2.24, 2.45) is 0 Å². The van der Waals surface area contributed by atoms with Crippen molar-refractivity contribution >= 4 is 50.2 Å². The lowest BCUT2D eigenvalue weighted by molar-refractivity contribution is -0.319. The van der Waals surface area contributed by atoms with Crippen LogP contribution in [0.1, 0.15) is 46.6 Å². The summed E-state index contributed by atoms with van der Waals surface area (Å²) in [5.74, 6) is -1.36. The Labute approximate surface area is 190 Å². The van der Waals surface area contributed by atoms with Crippen molar-refractivity contribution in [1.82, 2.24) is 0 Å². The van der Waals surface area contributed by atoms with Crippen LogP contribution in [0.5, 0.6) is 0 Å². The highest BCUT2D eigenvalue weighted by molar-refractivity contribution is 7.94. The molecule has 0 radical (unpaired) electrons. The molecule has 11 heteroatoms. The third-order valence-electron chi connectivity index (χ3n) is 4.61. The maximum absolute atomic E-state index is 13.5. The zero-order valence-corrected chi connectivity index (χ0v) is 20.0. The number of anilines is 2. The summed E-state index contributed by atoms with van der Waals surface area (Å²) >= 11 is 1.14. The molecule has 0 spiro atoms. The van der Waals surface area contributed by atoms with E-state index in [2.05, 4.69) is 4.89 Å². The van der Waals surface area contributed by atoms with E-state index >= 15 is 0 Å². The molecule has 0 unspecified atom stereocenters. The number of hydrogen-bond acceptors (Lipinski definition) is 9. The lowest BCUT2D eigenvalue weighted by Gasteiger charge is -2.41. The van der Waals surface area contributed by atoms with E-state index in [1.54, 1.807) is 36.6 Å². The molecule has 0 saturated carbocycles. The van der Waals surface area contributed by atoms with Crippen LogP contribution in [0, 0.1) is 0 Å². The van der Waals surface area contributed by atoms with Gasteiger partial charge in [0.05, 0.1) is 11.2 Å². The average molecular weight is 481 g/mol. The van der Waals surface area contributed by atoms with Crippen molar-refractivity contribution in [3.63, 3.8) is 0 Å². The predicted molar refractivity (Wildman–Crippen MR) is 120 cm³/mol. The van der Waals surface area contributed by atoms with Crippen molar-refractivity contribution < 1.29 is 32.7 Å². The van der Waals surface area contributed by atoms with Crippen molar-refractivity contribution in [3.05, 3.63) is 47.4 Å². The van der Waals surface area contributed by atoms with Gasteiger partial charge in [-0.3, -0.25) is 9.19 Å². The van der Waals surface area contributed by atoms with Crippen LogP contribution in [0.15, 0.2) is 46.0 Å². The molecule has 0 fully saturated rings. The first-order valence-electron chi connectivity index (χ1n) is 9.76. The molecule has 2 aromatic rings. The normalized spacial score (nSPS) is 14.9. The van der Waals surface area contributed by atoms with Gasteiger partial charge in [0.2, 0.25) is 0 Å². The highest BCUT2D eigenvalue weighted by Gasteiger charge is 2.41. The molecule has 0 N–H and O–H groups in total. The summed E-state index contributed by atoms with van der Waals surface area (Å²) in [7, 11) is -3.83. The van der Waals surface area contributed by atoms with Gasteiger partial charge >= 0.3 is 11.9 Å². The number of fused-ring (bicyclic) bond motifs is 1. The van der Waals surface area contributed by atoms with E-state index in [-0.39, 0.29) is 16.3 Å². The van der Waals surface area contributed by atoms with Gasteiger partial charge in [0, 0.05) is 18.9 Å². The summed E-state index contributed by atoms with van der Waals surface area (Å²) in [5.41, 5.74) is 1.27. The molecule has 0 saturated heterocycles. The first-order chi connectivity index (χ1) is 15.0. The number of rotatable bonds is 7. The standard InChI is InChI=1S/C21H24N2O7S2/c1-6-19(25)28-23(30-29-15(3)24)16-9-10-18-17(12-16)14(2)13-21(4,5)22(18)32(26,27)20-8-7-11-31-20/h7-13H,6H2,1-5H3. The van der Waals surface area contributed by atoms with Crippen LogP contribution in [-0.4, -0.2) is 25.9 Å². The van der Waals surface area contributed by atoms with Gasteiger partial charge in [-0.2, -0.15) is 0 Å². The van der Waals surface area contributed by atoms with Gasteiger partial charge in [0.15, 0.2) is 0 Å². The van der Waals surface area contributed by atoms with E-state index in [1.165, 1.54) is 10.4 Å². The Kier molecular flexibility index (Phi) is 6.63. The van der Waals surface area contributed by atoms with Crippen molar-refractivity contribution in [1.29, 1.82) is 0 Å². The highest BCUT2D eigenvalue weighted by Crippen LogP contribution is 2.44. The van der Waals surface area contributed by atoms with Crippen LogP contribution >= 0.6 is 11.3 Å². The predicted octanol–water partition coefficient (Wildman–Crippen LogP) is 4.22. The van der Waals surface area contributed by atoms with Crippen molar-refractivity contribution in [2.75, 3.05) is 9.53 Å². The number of thiophene rings is 1. The molecule has 0 bridgehead atoms. The second-order valence-corrected chi connectivity index (χ2v) is 10.6. The lowest BCUT2D eigenvalue weighted by Crippen LogP contribution is -2.48. The van der Waals surface area contributed by atoms with Crippen LogP contribution in [0.25, 0.3) is 5.57 Å². The average Bonchev–Trinajstić information content (AvgIpc) is 3.25. The largest absolute Gasteiger partial charge is 0.342 e. The fourth-order valence-electron chi connectivity index (χ4n) is 3.40. The maximum atomic E-state index is 13.5. The second-order valence-electron chi connectivity index (χ2n) is 7.61. The van der Waals surface area contributed by atoms with E-state index in [1.807, 2.05) is 26.8 Å². The number of nitrogens with zero attached hydrogens (tertiary/aromatic N) is 2. The SMILES string of the molecule is CCC(=O)ON(OOC(C)=O)c1ccc2c(c1)C(C)=CC(C)(C)N2S(=O)(=O)c1cccs1. The van der Waals surface area contributed by atoms with E-state index in [9.17, 15) is 18.0 Å². The molecule has 0 atom stereocenters. The molecule has 0 aliphatic carbocycles. The first kappa shape index (κ1) is 23.8. The van der Waals surface area contributed by atoms with E-state index < -0.39 is 27.5 Å². The van der Waals surface area contributed by atoms with Gasteiger partial charge in [-0.05, 0) is 66.2 Å². The molecule has 1 aliphatic heterocycles. The Morgan fingerprint density at radius 3 is 2.53 bits per heavy atom. The molecule has 1 aromatic heterocycles. The fourth-order valence-corrected chi connectivity index (χ4v) is 6.25. The monoisotopic (exact) mass is 480 g/mol. The number of carbonyl (C=O) groups is 2. The quantitative estimate of drug-likeness (QED) is 0.429. The molecule has 1 aromatic carbocycles. The molecular weight excluding hydrogens is 456 g/mol. The molecule has 172 valence electrons. The van der Waals surface area contributed by atoms with Crippen molar-refractivity contribution in [3.8, 4) is 0 Å². The zero-order valence-electron chi connectivity index (χ0n) is 18.3. The fraction of sp³-hybridized carbons (Fsp3) is 0.333. The summed E-state index contributed by atoms with van der Waals surface area (Å²) in [6.45, 7) is 8.22.